The zero-order valence-electron chi connectivity index (χ0n) is 11.2. The van der Waals surface area contributed by atoms with Gasteiger partial charge in [-0.1, -0.05) is 19.1 Å². The third-order valence-corrected chi connectivity index (χ3v) is 2.65. The molecule has 0 saturated carbocycles. The lowest BCUT2D eigenvalue weighted by Crippen LogP contribution is -2.03. The number of hydrogen-bond acceptors (Lipinski definition) is 3. The van der Waals surface area contributed by atoms with Crippen molar-refractivity contribution in [2.24, 2.45) is 0 Å². The van der Waals surface area contributed by atoms with Gasteiger partial charge in [-0.2, -0.15) is 0 Å². The zero-order valence-corrected chi connectivity index (χ0v) is 11.2. The van der Waals surface area contributed by atoms with Gasteiger partial charge in [-0.05, 0) is 43.5 Å². The molecule has 0 radical (unpaired) electrons. The first-order valence-corrected chi connectivity index (χ1v) is 6.13. The molecule has 96 valence electrons. The topological polar surface area (TPSA) is 56.9 Å². The first-order valence-electron chi connectivity index (χ1n) is 6.13. The van der Waals surface area contributed by atoms with Crippen LogP contribution in [0.4, 0.5) is 0 Å². The number of ether oxygens (including phenoxy) is 1. The van der Waals surface area contributed by atoms with Gasteiger partial charge in [0.25, 0.3) is 0 Å². The summed E-state index contributed by atoms with van der Waals surface area (Å²) in [7, 11) is 0. The molecule has 0 heterocycles. The Labute approximate surface area is 109 Å². The van der Waals surface area contributed by atoms with E-state index in [1.807, 2.05) is 31.2 Å². The van der Waals surface area contributed by atoms with Gasteiger partial charge in [-0.3, -0.25) is 0 Å². The maximum atomic E-state index is 7.74. The molecule has 1 rings (SSSR count). The van der Waals surface area contributed by atoms with Crippen molar-refractivity contribution in [1.82, 2.24) is 0 Å². The van der Waals surface area contributed by atoms with Gasteiger partial charge in [0.2, 0.25) is 0 Å². The van der Waals surface area contributed by atoms with E-state index in [2.05, 4.69) is 6.92 Å². The quantitative estimate of drug-likeness (QED) is 0.732. The second kappa shape index (κ2) is 6.74. The summed E-state index contributed by atoms with van der Waals surface area (Å²) in [6.07, 6.45) is 4.15. The molecule has 1 aromatic carbocycles. The lowest BCUT2D eigenvalue weighted by atomic mass is 10.0. The fourth-order valence-electron chi connectivity index (χ4n) is 1.68. The Balaban J connectivity index is 3.20. The molecule has 0 saturated heterocycles. The fourth-order valence-corrected chi connectivity index (χ4v) is 1.68. The first kappa shape index (κ1) is 14.2. The highest BCUT2D eigenvalue weighted by Crippen LogP contribution is 2.24. The van der Waals surface area contributed by atoms with Crippen molar-refractivity contribution in [3.63, 3.8) is 0 Å². The summed E-state index contributed by atoms with van der Waals surface area (Å²) in [4.78, 5) is 0. The molecular weight excluding hydrogens is 224 g/mol. The number of hydrogen-bond donors (Lipinski definition) is 2. The van der Waals surface area contributed by atoms with Crippen molar-refractivity contribution in [1.29, 1.82) is 10.8 Å². The average molecular weight is 244 g/mol. The molecule has 0 fully saturated rings. The highest BCUT2D eigenvalue weighted by atomic mass is 16.5. The Hall–Kier alpha value is -1.90. The van der Waals surface area contributed by atoms with E-state index in [-0.39, 0.29) is 0 Å². The molecular formula is C15H20N2O. The summed E-state index contributed by atoms with van der Waals surface area (Å²) in [6, 6.07) is 5.71. The van der Waals surface area contributed by atoms with Gasteiger partial charge in [0.15, 0.2) is 0 Å². The summed E-state index contributed by atoms with van der Waals surface area (Å²) in [5.74, 6) is 0.725. The molecule has 0 spiro atoms. The minimum atomic E-state index is 0.490. The molecule has 18 heavy (non-hydrogen) atoms. The number of allylic oxidation sites excluding steroid dienone is 2. The third-order valence-electron chi connectivity index (χ3n) is 2.65. The van der Waals surface area contributed by atoms with Gasteiger partial charge in [-0.25, -0.2) is 0 Å². The van der Waals surface area contributed by atoms with Crippen LogP contribution in [-0.4, -0.2) is 18.5 Å². The SMILES string of the molecule is CC=C(C=N)c1ccc(C(C)=N)c(OCCC)c1. The van der Waals surface area contributed by atoms with E-state index in [1.165, 1.54) is 6.21 Å². The maximum Gasteiger partial charge on any atom is 0.128 e. The van der Waals surface area contributed by atoms with Crippen LogP contribution in [0.15, 0.2) is 24.3 Å². The van der Waals surface area contributed by atoms with Gasteiger partial charge in [0.05, 0.1) is 6.61 Å². The largest absolute Gasteiger partial charge is 0.493 e. The molecule has 3 heteroatoms. The molecule has 0 aliphatic heterocycles. The van der Waals surface area contributed by atoms with Crippen LogP contribution in [0.3, 0.4) is 0 Å². The second-order valence-electron chi connectivity index (χ2n) is 4.07. The van der Waals surface area contributed by atoms with Crippen LogP contribution in [0, 0.1) is 10.8 Å². The Morgan fingerprint density at radius 1 is 1.39 bits per heavy atom. The average Bonchev–Trinajstić information content (AvgIpc) is 2.37. The highest BCUT2D eigenvalue weighted by molar-refractivity contribution is 6.09. The van der Waals surface area contributed by atoms with Crippen molar-refractivity contribution < 1.29 is 4.74 Å². The summed E-state index contributed by atoms with van der Waals surface area (Å²) in [5, 5.41) is 15.1. The van der Waals surface area contributed by atoms with Crippen molar-refractivity contribution >= 4 is 17.5 Å². The zero-order chi connectivity index (χ0) is 13.5. The molecule has 0 amide bonds. The van der Waals surface area contributed by atoms with Crippen LogP contribution < -0.4 is 4.74 Å². The molecule has 0 aliphatic carbocycles. The predicted molar refractivity (Wildman–Crippen MR) is 77.2 cm³/mol. The summed E-state index contributed by atoms with van der Waals surface area (Å²) in [6.45, 7) is 6.35. The Morgan fingerprint density at radius 3 is 2.61 bits per heavy atom. The van der Waals surface area contributed by atoms with Gasteiger partial charge in [-0.15, -0.1) is 0 Å². The minimum Gasteiger partial charge on any atom is -0.493 e. The third kappa shape index (κ3) is 3.29. The van der Waals surface area contributed by atoms with Crippen LogP contribution in [0.2, 0.25) is 0 Å². The number of rotatable bonds is 6. The molecule has 0 bridgehead atoms. The molecule has 2 N–H and O–H groups in total. The second-order valence-corrected chi connectivity index (χ2v) is 4.07. The Morgan fingerprint density at radius 2 is 2.11 bits per heavy atom. The van der Waals surface area contributed by atoms with Gasteiger partial charge >= 0.3 is 0 Å². The van der Waals surface area contributed by atoms with Crippen molar-refractivity contribution in [2.75, 3.05) is 6.61 Å². The fraction of sp³-hybridized carbons (Fsp3) is 0.333. The molecule has 0 aromatic heterocycles. The van der Waals surface area contributed by atoms with Crippen LogP contribution in [0.5, 0.6) is 5.75 Å². The standard InChI is InChI=1S/C15H20N2O/c1-4-8-18-15-9-13(12(5-2)10-16)6-7-14(15)11(3)17/h5-7,9-10,16-17H,4,8H2,1-3H3. The smallest absolute Gasteiger partial charge is 0.128 e. The van der Waals surface area contributed by atoms with E-state index in [1.54, 1.807) is 6.92 Å². The normalized spacial score (nSPS) is 11.2. The summed E-state index contributed by atoms with van der Waals surface area (Å²) in [5.41, 5.74) is 3.10. The molecule has 0 atom stereocenters. The van der Waals surface area contributed by atoms with E-state index >= 15 is 0 Å². The number of nitrogens with one attached hydrogen (secondary N) is 2. The first-order chi connectivity index (χ1) is 8.63. The van der Waals surface area contributed by atoms with Crippen molar-refractivity contribution in [2.45, 2.75) is 27.2 Å². The van der Waals surface area contributed by atoms with E-state index in [4.69, 9.17) is 15.6 Å². The van der Waals surface area contributed by atoms with Crippen LogP contribution in [0.1, 0.15) is 38.3 Å². The molecule has 3 nitrogen and oxygen atoms in total. The monoisotopic (exact) mass is 244 g/mol. The summed E-state index contributed by atoms with van der Waals surface area (Å²) < 4.78 is 5.68. The van der Waals surface area contributed by atoms with E-state index in [0.29, 0.717) is 12.3 Å². The van der Waals surface area contributed by atoms with Crippen LogP contribution in [0.25, 0.3) is 5.57 Å². The van der Waals surface area contributed by atoms with Crippen molar-refractivity contribution in [3.8, 4) is 5.75 Å². The lowest BCUT2D eigenvalue weighted by molar-refractivity contribution is 0.317. The summed E-state index contributed by atoms with van der Waals surface area (Å²) >= 11 is 0. The molecule has 0 unspecified atom stereocenters. The van der Waals surface area contributed by atoms with Crippen LogP contribution in [-0.2, 0) is 0 Å². The van der Waals surface area contributed by atoms with Crippen LogP contribution >= 0.6 is 0 Å². The minimum absolute atomic E-state index is 0.490. The lowest BCUT2D eigenvalue weighted by Gasteiger charge is -2.12. The van der Waals surface area contributed by atoms with E-state index in [0.717, 1.165) is 28.9 Å². The van der Waals surface area contributed by atoms with Crippen molar-refractivity contribution in [3.05, 3.63) is 35.4 Å². The molecule has 1 aromatic rings. The van der Waals surface area contributed by atoms with Gasteiger partial charge in [0.1, 0.15) is 5.75 Å². The van der Waals surface area contributed by atoms with Gasteiger partial charge in [0, 0.05) is 17.5 Å². The predicted octanol–water partition coefficient (Wildman–Crippen LogP) is 3.92. The highest BCUT2D eigenvalue weighted by Gasteiger charge is 2.08. The Kier molecular flexibility index (Phi) is 5.31. The molecule has 0 aliphatic rings. The maximum absolute atomic E-state index is 7.74. The van der Waals surface area contributed by atoms with Gasteiger partial charge < -0.3 is 15.6 Å². The number of benzene rings is 1. The Bertz CT molecular complexity index is 475. The van der Waals surface area contributed by atoms with E-state index < -0.39 is 0 Å². The van der Waals surface area contributed by atoms with E-state index in [9.17, 15) is 0 Å².